The predicted molar refractivity (Wildman–Crippen MR) is 80.2 cm³/mol. The van der Waals surface area contributed by atoms with E-state index in [-0.39, 0.29) is 22.5 Å². The first-order valence-corrected chi connectivity index (χ1v) is 7.05. The molecule has 1 heterocycles. The Kier molecular flexibility index (Phi) is 4.68. The first-order chi connectivity index (χ1) is 9.36. The molecule has 0 radical (unpaired) electrons. The van der Waals surface area contributed by atoms with Crippen LogP contribution in [0.3, 0.4) is 0 Å². The Balaban J connectivity index is 2.40. The first-order valence-electron chi connectivity index (χ1n) is 5.91. The zero-order chi connectivity index (χ0) is 14.9. The van der Waals surface area contributed by atoms with E-state index in [1.807, 2.05) is 19.1 Å². The Morgan fingerprint density at radius 2 is 1.60 bits per heavy atom. The van der Waals surface area contributed by atoms with E-state index >= 15 is 0 Å². The molecule has 0 aliphatic carbocycles. The fraction of sp³-hybridized carbons (Fsp3) is 0.308. The van der Waals surface area contributed by atoms with E-state index in [4.69, 9.17) is 39.5 Å². The molecule has 1 aromatic heterocycles. The Morgan fingerprint density at radius 3 is 2.15 bits per heavy atom. The summed E-state index contributed by atoms with van der Waals surface area (Å²) < 4.78 is 5.63. The highest BCUT2D eigenvalue weighted by Gasteiger charge is 2.13. The standard InChI is InChI=1S/C13H12Cl3N3O/c1-6(2)8-5-10(7(3)4-9(8)14)20-13-18-11(15)17-12(16)19-13/h4-6H,1-3H3. The number of halogens is 3. The molecule has 0 N–H and O–H groups in total. The van der Waals surface area contributed by atoms with E-state index in [9.17, 15) is 0 Å². The lowest BCUT2D eigenvalue weighted by molar-refractivity contribution is 0.435. The summed E-state index contributed by atoms with van der Waals surface area (Å²) in [4.78, 5) is 11.4. The third-order valence-electron chi connectivity index (χ3n) is 2.68. The summed E-state index contributed by atoms with van der Waals surface area (Å²) >= 11 is 17.6. The number of hydrogen-bond acceptors (Lipinski definition) is 4. The molecule has 0 saturated heterocycles. The van der Waals surface area contributed by atoms with Crippen LogP contribution in [0.2, 0.25) is 15.6 Å². The molecular formula is C13H12Cl3N3O. The molecule has 7 heteroatoms. The summed E-state index contributed by atoms with van der Waals surface area (Å²) in [5, 5.41) is 0.669. The van der Waals surface area contributed by atoms with Gasteiger partial charge in [-0.15, -0.1) is 0 Å². The van der Waals surface area contributed by atoms with Gasteiger partial charge in [-0.3, -0.25) is 0 Å². The van der Waals surface area contributed by atoms with Crippen LogP contribution in [0.5, 0.6) is 11.8 Å². The Morgan fingerprint density at radius 1 is 1.00 bits per heavy atom. The number of rotatable bonds is 3. The van der Waals surface area contributed by atoms with Gasteiger partial charge < -0.3 is 4.74 Å². The van der Waals surface area contributed by atoms with E-state index < -0.39 is 0 Å². The van der Waals surface area contributed by atoms with Crippen molar-refractivity contribution in [1.82, 2.24) is 15.0 Å². The lowest BCUT2D eigenvalue weighted by atomic mass is 10.0. The van der Waals surface area contributed by atoms with Gasteiger partial charge in [-0.2, -0.15) is 15.0 Å². The minimum absolute atomic E-state index is 0.0179. The zero-order valence-corrected chi connectivity index (χ0v) is 13.4. The normalized spacial score (nSPS) is 10.9. The van der Waals surface area contributed by atoms with Crippen molar-refractivity contribution in [3.8, 4) is 11.8 Å². The molecule has 0 aliphatic heterocycles. The minimum atomic E-state index is -0.0179. The Labute approximate surface area is 132 Å². The van der Waals surface area contributed by atoms with Crippen LogP contribution in [0.1, 0.15) is 30.9 Å². The average Bonchev–Trinajstić information content (AvgIpc) is 2.30. The molecule has 20 heavy (non-hydrogen) atoms. The fourth-order valence-electron chi connectivity index (χ4n) is 1.67. The molecule has 0 fully saturated rings. The van der Waals surface area contributed by atoms with Crippen LogP contribution in [0.25, 0.3) is 0 Å². The van der Waals surface area contributed by atoms with Gasteiger partial charge in [0, 0.05) is 5.02 Å². The summed E-state index contributed by atoms with van der Waals surface area (Å²) in [5.74, 6) is 0.882. The first kappa shape index (κ1) is 15.3. The third-order valence-corrected chi connectivity index (χ3v) is 3.34. The molecule has 2 aromatic rings. The maximum atomic E-state index is 6.21. The van der Waals surface area contributed by atoms with Gasteiger partial charge >= 0.3 is 6.01 Å². The van der Waals surface area contributed by atoms with Crippen LogP contribution in [-0.2, 0) is 0 Å². The number of aromatic nitrogens is 3. The highest BCUT2D eigenvalue weighted by Crippen LogP contribution is 2.33. The molecule has 2 rings (SSSR count). The predicted octanol–water partition coefficient (Wildman–Crippen LogP) is 5.06. The number of nitrogens with zero attached hydrogens (tertiary/aromatic N) is 3. The summed E-state index contributed by atoms with van der Waals surface area (Å²) in [6, 6.07) is 3.76. The van der Waals surface area contributed by atoms with E-state index in [1.165, 1.54) is 0 Å². The molecule has 0 atom stereocenters. The minimum Gasteiger partial charge on any atom is -0.424 e. The van der Waals surface area contributed by atoms with Crippen LogP contribution in [0.4, 0.5) is 0 Å². The van der Waals surface area contributed by atoms with Crippen LogP contribution >= 0.6 is 34.8 Å². The van der Waals surface area contributed by atoms with Crippen LogP contribution in [0.15, 0.2) is 12.1 Å². The van der Waals surface area contributed by atoms with E-state index in [0.29, 0.717) is 10.8 Å². The lowest BCUT2D eigenvalue weighted by Gasteiger charge is -2.13. The summed E-state index contributed by atoms with van der Waals surface area (Å²) in [6.07, 6.45) is 0. The van der Waals surface area contributed by atoms with Crippen molar-refractivity contribution in [1.29, 1.82) is 0 Å². The Hall–Kier alpha value is -1.10. The second kappa shape index (κ2) is 6.12. The highest BCUT2D eigenvalue weighted by atomic mass is 35.5. The number of benzene rings is 1. The largest absolute Gasteiger partial charge is 0.424 e. The maximum absolute atomic E-state index is 6.21. The van der Waals surface area contributed by atoms with Gasteiger partial charge in [-0.1, -0.05) is 25.4 Å². The van der Waals surface area contributed by atoms with Gasteiger partial charge in [0.05, 0.1) is 0 Å². The fourth-order valence-corrected chi connectivity index (χ4v) is 2.46. The molecule has 0 bridgehead atoms. The Bertz CT molecular complexity index is 627. The van der Waals surface area contributed by atoms with Gasteiger partial charge in [0.2, 0.25) is 10.6 Å². The number of ether oxygens (including phenoxy) is 1. The maximum Gasteiger partial charge on any atom is 0.327 e. The molecule has 106 valence electrons. The monoisotopic (exact) mass is 331 g/mol. The van der Waals surface area contributed by atoms with Crippen molar-refractivity contribution >= 4 is 34.8 Å². The second-order valence-corrected chi connectivity index (χ2v) is 5.64. The van der Waals surface area contributed by atoms with Crippen molar-refractivity contribution in [3.05, 3.63) is 38.8 Å². The average molecular weight is 333 g/mol. The van der Waals surface area contributed by atoms with Gasteiger partial charge in [0.15, 0.2) is 0 Å². The molecule has 4 nitrogen and oxygen atoms in total. The van der Waals surface area contributed by atoms with Gasteiger partial charge in [-0.25, -0.2) is 0 Å². The van der Waals surface area contributed by atoms with Gasteiger partial charge in [0.25, 0.3) is 0 Å². The lowest BCUT2D eigenvalue weighted by Crippen LogP contribution is -1.98. The third kappa shape index (κ3) is 3.51. The second-order valence-electron chi connectivity index (χ2n) is 4.55. The van der Waals surface area contributed by atoms with Gasteiger partial charge in [0.1, 0.15) is 5.75 Å². The number of aryl methyl sites for hydroxylation is 1. The smallest absolute Gasteiger partial charge is 0.327 e. The van der Waals surface area contributed by atoms with Crippen LogP contribution in [-0.4, -0.2) is 15.0 Å². The molecule has 0 aliphatic rings. The van der Waals surface area contributed by atoms with Crippen LogP contribution < -0.4 is 4.74 Å². The van der Waals surface area contributed by atoms with Crippen LogP contribution in [0, 0.1) is 6.92 Å². The molecular weight excluding hydrogens is 321 g/mol. The van der Waals surface area contributed by atoms with Crippen molar-refractivity contribution in [2.75, 3.05) is 0 Å². The highest BCUT2D eigenvalue weighted by molar-refractivity contribution is 6.31. The topological polar surface area (TPSA) is 47.9 Å². The number of hydrogen-bond donors (Lipinski definition) is 0. The summed E-state index contributed by atoms with van der Waals surface area (Å²) in [6.45, 7) is 5.99. The van der Waals surface area contributed by atoms with E-state index in [2.05, 4.69) is 28.8 Å². The van der Waals surface area contributed by atoms with Crippen molar-refractivity contribution in [2.24, 2.45) is 0 Å². The van der Waals surface area contributed by atoms with Crippen molar-refractivity contribution in [2.45, 2.75) is 26.7 Å². The molecule has 0 unspecified atom stereocenters. The van der Waals surface area contributed by atoms with Gasteiger partial charge in [-0.05, 0) is 59.3 Å². The molecule has 0 spiro atoms. The SMILES string of the molecule is Cc1cc(Cl)c(C(C)C)cc1Oc1nc(Cl)nc(Cl)n1. The quantitative estimate of drug-likeness (QED) is 0.788. The molecule has 1 aromatic carbocycles. The van der Waals surface area contributed by atoms with Crippen molar-refractivity contribution in [3.63, 3.8) is 0 Å². The molecule has 0 amide bonds. The molecule has 0 saturated carbocycles. The zero-order valence-electron chi connectivity index (χ0n) is 11.1. The summed E-state index contributed by atoms with van der Waals surface area (Å²) in [7, 11) is 0. The summed E-state index contributed by atoms with van der Waals surface area (Å²) in [5.41, 5.74) is 1.85. The van der Waals surface area contributed by atoms with E-state index in [0.717, 1.165) is 11.1 Å². The van der Waals surface area contributed by atoms with E-state index in [1.54, 1.807) is 0 Å². The van der Waals surface area contributed by atoms with Crippen molar-refractivity contribution < 1.29 is 4.74 Å².